The van der Waals surface area contributed by atoms with E-state index in [1.165, 1.54) is 31.2 Å². The number of rotatable bonds is 9. The van der Waals surface area contributed by atoms with E-state index < -0.39 is 0 Å². The first-order valence-electron chi connectivity index (χ1n) is 6.73. The lowest BCUT2D eigenvalue weighted by Crippen LogP contribution is -2.08. The molecule has 17 heavy (non-hydrogen) atoms. The highest BCUT2D eigenvalue weighted by Crippen LogP contribution is 2.18. The highest BCUT2D eigenvalue weighted by atomic mass is 16.5. The third-order valence-corrected chi connectivity index (χ3v) is 2.85. The second kappa shape index (κ2) is 9.06. The Balaban J connectivity index is 2.25. The lowest BCUT2D eigenvalue weighted by atomic mass is 10.1. The molecule has 2 nitrogen and oxygen atoms in total. The molecule has 0 aliphatic carbocycles. The summed E-state index contributed by atoms with van der Waals surface area (Å²) in [6, 6.07) is 8.26. The zero-order valence-electron chi connectivity index (χ0n) is 11.2. The van der Waals surface area contributed by atoms with Crippen LogP contribution in [0.15, 0.2) is 24.3 Å². The second-order valence-electron chi connectivity index (χ2n) is 4.40. The van der Waals surface area contributed by atoms with Crippen molar-refractivity contribution in [2.75, 3.05) is 13.7 Å². The lowest BCUT2D eigenvalue weighted by molar-refractivity contribution is 0.301. The topological polar surface area (TPSA) is 21.3 Å². The van der Waals surface area contributed by atoms with Crippen LogP contribution in [0.1, 0.15) is 44.6 Å². The second-order valence-corrected chi connectivity index (χ2v) is 4.40. The zero-order chi connectivity index (χ0) is 12.3. The predicted molar refractivity (Wildman–Crippen MR) is 73.5 cm³/mol. The molecule has 1 aromatic rings. The zero-order valence-corrected chi connectivity index (χ0v) is 11.2. The van der Waals surface area contributed by atoms with Gasteiger partial charge in [-0.15, -0.1) is 0 Å². The first-order chi connectivity index (χ1) is 8.38. The van der Waals surface area contributed by atoms with E-state index >= 15 is 0 Å². The standard InChI is InChI=1S/C15H25NO/c1-3-4-5-6-9-12-17-15-11-8-7-10-14(15)13-16-2/h7-8,10-11,16H,3-6,9,12-13H2,1-2H3. The molecule has 0 amide bonds. The van der Waals surface area contributed by atoms with E-state index in [1.54, 1.807) is 0 Å². The molecular formula is C15H25NO. The minimum atomic E-state index is 0.838. The van der Waals surface area contributed by atoms with Crippen LogP contribution in [0.2, 0.25) is 0 Å². The quantitative estimate of drug-likeness (QED) is 0.658. The van der Waals surface area contributed by atoms with Crippen LogP contribution >= 0.6 is 0 Å². The molecular weight excluding hydrogens is 210 g/mol. The van der Waals surface area contributed by atoms with Crippen molar-refractivity contribution in [2.45, 2.75) is 45.6 Å². The normalized spacial score (nSPS) is 10.5. The largest absolute Gasteiger partial charge is 0.493 e. The maximum absolute atomic E-state index is 5.83. The third kappa shape index (κ3) is 5.73. The summed E-state index contributed by atoms with van der Waals surface area (Å²) in [6.45, 7) is 3.95. The maximum atomic E-state index is 5.83. The summed E-state index contributed by atoms with van der Waals surface area (Å²) >= 11 is 0. The van der Waals surface area contributed by atoms with Crippen LogP contribution in [-0.2, 0) is 6.54 Å². The average molecular weight is 235 g/mol. The van der Waals surface area contributed by atoms with E-state index in [9.17, 15) is 0 Å². The van der Waals surface area contributed by atoms with Gasteiger partial charge in [-0.1, -0.05) is 50.8 Å². The van der Waals surface area contributed by atoms with Gasteiger partial charge in [-0.05, 0) is 19.5 Å². The third-order valence-electron chi connectivity index (χ3n) is 2.85. The SMILES string of the molecule is CCCCCCCOc1ccccc1CNC. The Morgan fingerprint density at radius 1 is 1.06 bits per heavy atom. The monoisotopic (exact) mass is 235 g/mol. The Kier molecular flexibility index (Phi) is 7.48. The molecule has 2 heteroatoms. The van der Waals surface area contributed by atoms with Gasteiger partial charge in [-0.2, -0.15) is 0 Å². The molecule has 0 fully saturated rings. The van der Waals surface area contributed by atoms with E-state index in [0.717, 1.165) is 25.3 Å². The Hall–Kier alpha value is -1.02. The molecule has 0 saturated carbocycles. The smallest absolute Gasteiger partial charge is 0.123 e. The average Bonchev–Trinajstić information content (AvgIpc) is 2.36. The molecule has 0 heterocycles. The highest BCUT2D eigenvalue weighted by Gasteiger charge is 2.01. The van der Waals surface area contributed by atoms with E-state index in [1.807, 2.05) is 13.1 Å². The van der Waals surface area contributed by atoms with Crippen LogP contribution < -0.4 is 10.1 Å². The van der Waals surface area contributed by atoms with Crippen molar-refractivity contribution in [3.05, 3.63) is 29.8 Å². The van der Waals surface area contributed by atoms with E-state index in [0.29, 0.717) is 0 Å². The van der Waals surface area contributed by atoms with Crippen LogP contribution in [0, 0.1) is 0 Å². The minimum absolute atomic E-state index is 0.838. The lowest BCUT2D eigenvalue weighted by Gasteiger charge is -2.10. The molecule has 0 bridgehead atoms. The highest BCUT2D eigenvalue weighted by molar-refractivity contribution is 5.33. The fraction of sp³-hybridized carbons (Fsp3) is 0.600. The van der Waals surface area contributed by atoms with E-state index in [4.69, 9.17) is 4.74 Å². The van der Waals surface area contributed by atoms with Gasteiger partial charge in [0.25, 0.3) is 0 Å². The van der Waals surface area contributed by atoms with Crippen molar-refractivity contribution in [1.82, 2.24) is 5.32 Å². The van der Waals surface area contributed by atoms with Gasteiger partial charge in [0, 0.05) is 12.1 Å². The number of unbranched alkanes of at least 4 members (excludes halogenated alkanes) is 4. The summed E-state index contributed by atoms with van der Waals surface area (Å²) in [5, 5.41) is 3.16. The molecule has 1 N–H and O–H groups in total. The van der Waals surface area contributed by atoms with Gasteiger partial charge < -0.3 is 10.1 Å². The molecule has 0 saturated heterocycles. The molecule has 0 unspecified atom stereocenters. The van der Waals surface area contributed by atoms with Crippen molar-refractivity contribution < 1.29 is 4.74 Å². The molecule has 0 radical (unpaired) electrons. The van der Waals surface area contributed by atoms with Gasteiger partial charge >= 0.3 is 0 Å². The molecule has 0 atom stereocenters. The Bertz CT molecular complexity index is 299. The molecule has 0 aliphatic rings. The van der Waals surface area contributed by atoms with Gasteiger partial charge in [0.15, 0.2) is 0 Å². The van der Waals surface area contributed by atoms with Gasteiger partial charge in [-0.25, -0.2) is 0 Å². The molecule has 96 valence electrons. The van der Waals surface area contributed by atoms with Gasteiger partial charge in [0.2, 0.25) is 0 Å². The number of benzene rings is 1. The molecule has 1 aromatic carbocycles. The van der Waals surface area contributed by atoms with Crippen LogP contribution in [0.3, 0.4) is 0 Å². The summed E-state index contributed by atoms with van der Waals surface area (Å²) < 4.78 is 5.83. The number of hydrogen-bond donors (Lipinski definition) is 1. The maximum Gasteiger partial charge on any atom is 0.123 e. The molecule has 0 aliphatic heterocycles. The van der Waals surface area contributed by atoms with E-state index in [2.05, 4.69) is 30.4 Å². The van der Waals surface area contributed by atoms with Crippen molar-refractivity contribution >= 4 is 0 Å². The van der Waals surface area contributed by atoms with Crippen LogP contribution in [-0.4, -0.2) is 13.7 Å². The van der Waals surface area contributed by atoms with Gasteiger partial charge in [0.05, 0.1) is 6.61 Å². The summed E-state index contributed by atoms with van der Waals surface area (Å²) in [5.41, 5.74) is 1.24. The fourth-order valence-corrected chi connectivity index (χ4v) is 1.87. The Labute approximate surface area is 105 Å². The number of para-hydroxylation sites is 1. The van der Waals surface area contributed by atoms with Crippen molar-refractivity contribution in [3.8, 4) is 5.75 Å². The number of ether oxygens (including phenoxy) is 1. The van der Waals surface area contributed by atoms with E-state index in [-0.39, 0.29) is 0 Å². The molecule has 0 aromatic heterocycles. The minimum Gasteiger partial charge on any atom is -0.493 e. The fourth-order valence-electron chi connectivity index (χ4n) is 1.87. The number of hydrogen-bond acceptors (Lipinski definition) is 2. The number of nitrogens with one attached hydrogen (secondary N) is 1. The Morgan fingerprint density at radius 2 is 1.82 bits per heavy atom. The van der Waals surface area contributed by atoms with Crippen LogP contribution in [0.25, 0.3) is 0 Å². The van der Waals surface area contributed by atoms with Gasteiger partial charge in [-0.3, -0.25) is 0 Å². The first kappa shape index (κ1) is 14.0. The first-order valence-corrected chi connectivity index (χ1v) is 6.73. The Morgan fingerprint density at radius 3 is 2.59 bits per heavy atom. The van der Waals surface area contributed by atoms with Crippen molar-refractivity contribution in [1.29, 1.82) is 0 Å². The van der Waals surface area contributed by atoms with Crippen LogP contribution in [0.5, 0.6) is 5.75 Å². The predicted octanol–water partition coefficient (Wildman–Crippen LogP) is 3.76. The summed E-state index contributed by atoms with van der Waals surface area (Å²) in [6.07, 6.45) is 6.41. The summed E-state index contributed by atoms with van der Waals surface area (Å²) in [5.74, 6) is 1.03. The van der Waals surface area contributed by atoms with Crippen LogP contribution in [0.4, 0.5) is 0 Å². The molecule has 0 spiro atoms. The summed E-state index contributed by atoms with van der Waals surface area (Å²) in [4.78, 5) is 0. The molecule has 1 rings (SSSR count). The van der Waals surface area contributed by atoms with Crippen molar-refractivity contribution in [2.24, 2.45) is 0 Å². The summed E-state index contributed by atoms with van der Waals surface area (Å²) in [7, 11) is 1.96. The van der Waals surface area contributed by atoms with Crippen molar-refractivity contribution in [3.63, 3.8) is 0 Å². The van der Waals surface area contributed by atoms with Gasteiger partial charge in [0.1, 0.15) is 5.75 Å².